The molecule has 4 heterocycles. The Morgan fingerprint density at radius 2 is 0.675 bits per heavy atom. The number of aliphatic imine (C=N–C) groups is 2. The normalized spacial score (nSPS) is 13.6. The van der Waals surface area contributed by atoms with E-state index in [9.17, 15) is 91.4 Å². The second-order valence-electron chi connectivity index (χ2n) is 27.6. The molecular formula is C86H59F15I3N11O11. The van der Waals surface area contributed by atoms with E-state index in [4.69, 9.17) is 58.8 Å². The molecule has 2 aliphatic rings. The molecule has 0 bridgehead atoms. The number of benzene rings is 10. The van der Waals surface area contributed by atoms with Gasteiger partial charge < -0.3 is 56.2 Å². The number of rotatable bonds is 11. The van der Waals surface area contributed by atoms with Gasteiger partial charge in [0.2, 0.25) is 11.4 Å². The Morgan fingerprint density at radius 1 is 0.397 bits per heavy atom. The number of aromatic hydroxyl groups is 5. The molecule has 0 fully saturated rings. The number of phenols is 5. The fourth-order valence-corrected chi connectivity index (χ4v) is 14.6. The number of oxime groups is 2. The van der Waals surface area contributed by atoms with E-state index >= 15 is 0 Å². The van der Waals surface area contributed by atoms with E-state index in [1.54, 1.807) is 45.9 Å². The number of amidine groups is 4. The van der Waals surface area contributed by atoms with Crippen LogP contribution in [-0.4, -0.2) is 70.7 Å². The lowest BCUT2D eigenvalue weighted by Crippen LogP contribution is -2.24. The second kappa shape index (κ2) is 38.1. The zero-order valence-electron chi connectivity index (χ0n) is 64.5. The fraction of sp³-hybridized carbons (Fsp3) is 0.128. The Balaban J connectivity index is 0.000000166. The maximum Gasteiger partial charge on any atom is 0.416 e. The van der Waals surface area contributed by atoms with Crippen molar-refractivity contribution in [1.29, 1.82) is 5.26 Å². The third-order valence-electron chi connectivity index (χ3n) is 18.0. The van der Waals surface area contributed by atoms with Crippen molar-refractivity contribution in [2.24, 2.45) is 31.8 Å². The molecule has 0 spiro atoms. The summed E-state index contributed by atoms with van der Waals surface area (Å²) in [6.07, 6.45) is -20.4. The Hall–Kier alpha value is -13.2. The van der Waals surface area contributed by atoms with E-state index in [1.807, 2.05) is 67.8 Å². The monoisotopic (exact) mass is 2090 g/mol. The predicted octanol–water partition coefficient (Wildman–Crippen LogP) is 23.9. The number of nitriles is 1. The van der Waals surface area contributed by atoms with E-state index in [2.05, 4.69) is 40.9 Å². The van der Waals surface area contributed by atoms with Crippen molar-refractivity contribution >= 4 is 102 Å². The van der Waals surface area contributed by atoms with Crippen molar-refractivity contribution in [1.82, 2.24) is 11.0 Å². The van der Waals surface area contributed by atoms with Gasteiger partial charge in [0.15, 0.2) is 34.8 Å². The summed E-state index contributed by atoms with van der Waals surface area (Å²) in [5, 5.41) is 79.4. The molecule has 14 rings (SSSR count). The quantitative estimate of drug-likeness (QED) is 0.0109. The minimum atomic E-state index is -4.71. The summed E-state index contributed by atoms with van der Waals surface area (Å²) in [6, 6.07) is 42.6. The van der Waals surface area contributed by atoms with Crippen LogP contribution in [0.1, 0.15) is 83.3 Å². The molecule has 12 aromatic rings. The first-order valence-corrected chi connectivity index (χ1v) is 38.8. The molecule has 0 aliphatic carbocycles. The second-order valence-corrected chi connectivity index (χ2v) is 30.8. The molecule has 22 nitrogen and oxygen atoms in total. The molecule has 40 heteroatoms. The Morgan fingerprint density at radius 3 is 1.01 bits per heavy atom. The summed E-state index contributed by atoms with van der Waals surface area (Å²) in [5.41, 5.74) is 14.0. The molecule has 2 aliphatic heterocycles. The molecule has 0 unspecified atom stereocenters. The number of hydrogen-bond acceptors (Lipinski definition) is 18. The number of hydrogen-bond donors (Lipinski definition) is 11. The maximum absolute atomic E-state index is 13.8. The summed E-state index contributed by atoms with van der Waals surface area (Å²) in [7, 11) is 0. The average Bonchev–Trinajstić information content (AvgIpc) is 1.46. The van der Waals surface area contributed by atoms with Gasteiger partial charge in [-0.25, -0.2) is 40.3 Å². The standard InChI is InChI=1S/C22H16F3N3O3.C19H12F3N3O3.C17H14F3IN2O2.C14H10F3IN2O2.C14H7F3INO/c1-21(2)27-20(28-31-21)16-11-13(22(23,24)25)10-15(12-4-6-14(29)7-5-12)18(16)19-17(26-3)8-9-30-19;1-24-15-6-7-28-17(15)16-13(10-2-4-12(26)5-3-10)8-11(19(20,21)22)9-14(16)18(23)25-27;1-16(2)22-15(23-25-16)13-8-10(17(18,19)20)7-12(14(13)21)9-3-5-11(24)6-4-9;15-14(16,17)8-5-10(7-1-3-9(21)4-2-7)12(18)11(6-8)13(19)20-22;15-14(16,17)10-5-9(7-19)13(18)12(6-10)8-1-3-11(20)4-2-8/h4-11,29H,1-2H3,(H,27,28);2-9,26-27H,(H2,23,25);3-8,24H,1-2H3,(H,22,23);1-6,21-22H,(H2,19,20);1-6,20H. The van der Waals surface area contributed by atoms with E-state index in [0.29, 0.717) is 55.2 Å². The zero-order chi connectivity index (χ0) is 92.7. The van der Waals surface area contributed by atoms with E-state index in [-0.39, 0.29) is 113 Å². The first kappa shape index (κ1) is 95.0. The molecule has 0 amide bonds. The summed E-state index contributed by atoms with van der Waals surface area (Å²) >= 11 is 5.67. The van der Waals surface area contributed by atoms with Gasteiger partial charge in [-0.2, -0.15) is 71.1 Å². The van der Waals surface area contributed by atoms with Gasteiger partial charge in [0.1, 0.15) is 46.3 Å². The summed E-state index contributed by atoms with van der Waals surface area (Å²) in [4.78, 5) is 26.0. The van der Waals surface area contributed by atoms with Gasteiger partial charge in [-0.1, -0.05) is 71.0 Å². The number of alkyl halides is 15. The van der Waals surface area contributed by atoms with Crippen LogP contribution in [0.15, 0.2) is 236 Å². The van der Waals surface area contributed by atoms with Crippen molar-refractivity contribution in [3.05, 3.63) is 296 Å². The zero-order valence-corrected chi connectivity index (χ0v) is 71.0. The Kier molecular flexibility index (Phi) is 28.7. The summed E-state index contributed by atoms with van der Waals surface area (Å²) in [5.74, 6) is -0.600. The lowest BCUT2D eigenvalue weighted by molar-refractivity contribution is -0.138. The van der Waals surface area contributed by atoms with Gasteiger partial charge in [-0.15, -0.1) is 0 Å². The lowest BCUT2D eigenvalue weighted by atomic mass is 9.90. The van der Waals surface area contributed by atoms with Crippen molar-refractivity contribution in [2.45, 2.75) is 70.0 Å². The molecule has 2 aromatic heterocycles. The van der Waals surface area contributed by atoms with Crippen LogP contribution < -0.4 is 22.4 Å². The number of furan rings is 2. The van der Waals surface area contributed by atoms with Crippen LogP contribution in [0.25, 0.3) is 88.0 Å². The third kappa shape index (κ3) is 22.6. The van der Waals surface area contributed by atoms with Gasteiger partial charge >= 0.3 is 30.9 Å². The lowest BCUT2D eigenvalue weighted by Gasteiger charge is -2.18. The highest BCUT2D eigenvalue weighted by atomic mass is 127. The molecule has 0 saturated carbocycles. The molecule has 10 aromatic carbocycles. The molecular weight excluding hydrogens is 2030 g/mol. The number of nitrogens with two attached hydrogens (primary N) is 2. The van der Waals surface area contributed by atoms with E-state index in [0.717, 1.165) is 60.7 Å². The van der Waals surface area contributed by atoms with Crippen LogP contribution in [0.4, 0.5) is 77.2 Å². The molecule has 0 atom stereocenters. The van der Waals surface area contributed by atoms with Crippen LogP contribution >= 0.6 is 67.8 Å². The smallest absolute Gasteiger partial charge is 0.416 e. The van der Waals surface area contributed by atoms with Crippen LogP contribution in [0, 0.1) is 35.2 Å². The predicted molar refractivity (Wildman–Crippen MR) is 458 cm³/mol. The van der Waals surface area contributed by atoms with Crippen LogP contribution in [-0.2, 0) is 40.6 Å². The Labute approximate surface area is 744 Å². The van der Waals surface area contributed by atoms with Crippen LogP contribution in [0.3, 0.4) is 0 Å². The van der Waals surface area contributed by atoms with E-state index < -0.39 is 81.8 Å². The number of nitrogens with one attached hydrogen (secondary N) is 2. The SMILES string of the molecule is CC1(C)N=C(c2cc(C(F)(F)F)cc(-c3ccc(O)cc3)c2I)NO1.N#Cc1cc(C(F)(F)F)cc(-c2ccc(O)cc2)c1I.N/C(=N\O)c1cc(C(F)(F)F)cc(-c2ccc(O)cc2)c1I.[C-]#[N+]c1ccoc1-c1c(/C(N)=N/O)cc(C(F)(F)F)cc1-c1ccc(O)cc1.[C-]#[N+]c1ccoc1-c1c(C2=NC(C)(C)ON2)cc(C(F)(F)F)cc1-c1ccc(O)cc1. The average molecular weight is 2090 g/mol. The van der Waals surface area contributed by atoms with Gasteiger partial charge in [0.25, 0.3) is 0 Å². The number of phenolic OH excluding ortho intramolecular Hbond substituents is 5. The van der Waals surface area contributed by atoms with Gasteiger partial charge in [0.05, 0.1) is 59.1 Å². The van der Waals surface area contributed by atoms with Gasteiger partial charge in [-0.3, -0.25) is 0 Å². The summed E-state index contributed by atoms with van der Waals surface area (Å²) in [6.45, 7) is 21.4. The maximum atomic E-state index is 13.8. The highest BCUT2D eigenvalue weighted by molar-refractivity contribution is 14.1. The molecule has 650 valence electrons. The van der Waals surface area contributed by atoms with Crippen molar-refractivity contribution in [3.63, 3.8) is 0 Å². The summed E-state index contributed by atoms with van der Waals surface area (Å²) < 4.78 is 212. The van der Waals surface area contributed by atoms with E-state index in [1.165, 1.54) is 134 Å². The molecule has 126 heavy (non-hydrogen) atoms. The van der Waals surface area contributed by atoms with Crippen LogP contribution in [0.5, 0.6) is 28.7 Å². The van der Waals surface area contributed by atoms with Gasteiger partial charge in [-0.05, 0) is 285 Å². The number of halogens is 18. The molecule has 0 radical (unpaired) electrons. The first-order chi connectivity index (χ1) is 59.0. The molecule has 13 N–H and O–H groups in total. The largest absolute Gasteiger partial charge is 0.508 e. The van der Waals surface area contributed by atoms with Crippen LogP contribution in [0.2, 0.25) is 0 Å². The number of hydroxylamine groups is 2. The molecule has 0 saturated heterocycles. The fourth-order valence-electron chi connectivity index (χ4n) is 12.1. The highest BCUT2D eigenvalue weighted by Gasteiger charge is 2.40. The highest BCUT2D eigenvalue weighted by Crippen LogP contribution is 2.49. The van der Waals surface area contributed by atoms with Gasteiger partial charge in [0, 0.05) is 44.1 Å². The van der Waals surface area contributed by atoms with Crippen molar-refractivity contribution < 1.29 is 120 Å². The minimum Gasteiger partial charge on any atom is -0.508 e. The van der Waals surface area contributed by atoms with Crippen molar-refractivity contribution in [3.8, 4) is 113 Å². The third-order valence-corrected chi connectivity index (χ3v) is 21.4. The topological polar surface area (TPSA) is 344 Å². The minimum absolute atomic E-state index is 0.00221. The van der Waals surface area contributed by atoms with Crippen molar-refractivity contribution in [2.75, 3.05) is 0 Å². The first-order valence-electron chi connectivity index (χ1n) is 35.5. The number of nitrogens with zero attached hydrogens (tertiary/aromatic N) is 7. The Bertz CT molecular complexity index is 6330.